The molecule has 170 valence electrons. The lowest BCUT2D eigenvalue weighted by Crippen LogP contribution is -2.10. The van der Waals surface area contributed by atoms with E-state index in [0.717, 1.165) is 17.8 Å². The second-order valence-electron chi connectivity index (χ2n) is 9.38. The van der Waals surface area contributed by atoms with Gasteiger partial charge < -0.3 is 4.90 Å². The third-order valence-corrected chi connectivity index (χ3v) is 7.31. The molecule has 0 spiro atoms. The number of rotatable bonds is 4. The number of hydrogen-bond donors (Lipinski definition) is 0. The largest absolute Gasteiger partial charge is 0.310 e. The van der Waals surface area contributed by atoms with E-state index in [9.17, 15) is 0 Å². The van der Waals surface area contributed by atoms with Crippen molar-refractivity contribution in [1.29, 1.82) is 0 Å². The van der Waals surface area contributed by atoms with Crippen molar-refractivity contribution < 1.29 is 0 Å². The number of hydrogen-bond acceptors (Lipinski definition) is 1. The van der Waals surface area contributed by atoms with Crippen molar-refractivity contribution >= 4 is 27.8 Å². The Morgan fingerprint density at radius 2 is 1.08 bits per heavy atom. The second-order valence-corrected chi connectivity index (χ2v) is 9.38. The highest BCUT2D eigenvalue weighted by molar-refractivity contribution is 5.99. The first kappa shape index (κ1) is 20.7. The molecular formula is C35H25N. The van der Waals surface area contributed by atoms with Crippen LogP contribution in [0.15, 0.2) is 140 Å². The fourth-order valence-corrected chi connectivity index (χ4v) is 5.63. The molecule has 0 atom stereocenters. The van der Waals surface area contributed by atoms with Crippen molar-refractivity contribution in [3.05, 3.63) is 151 Å². The maximum atomic E-state index is 2.36. The molecular weight excluding hydrogens is 434 g/mol. The standard InChI is InChI=1S/C35H25N/c1-2-13-28(14-3-1)36(35-19-8-12-25-10-4-7-16-32(25)35)29-22-20-26(21-23-29)30-17-9-18-33-31-15-6-5-11-27(31)24-34(30)33/h1-23H,24H2. The van der Waals surface area contributed by atoms with E-state index in [1.165, 1.54) is 49.8 Å². The summed E-state index contributed by atoms with van der Waals surface area (Å²) in [6.45, 7) is 0. The van der Waals surface area contributed by atoms with Crippen LogP contribution < -0.4 is 4.90 Å². The molecule has 0 fully saturated rings. The monoisotopic (exact) mass is 459 g/mol. The number of fused-ring (bicyclic) bond motifs is 4. The summed E-state index contributed by atoms with van der Waals surface area (Å²) < 4.78 is 0. The zero-order chi connectivity index (χ0) is 23.9. The molecule has 36 heavy (non-hydrogen) atoms. The molecule has 0 saturated heterocycles. The fraction of sp³-hybridized carbons (Fsp3) is 0.0286. The molecule has 6 aromatic rings. The summed E-state index contributed by atoms with van der Waals surface area (Å²) in [4.78, 5) is 2.36. The third kappa shape index (κ3) is 3.40. The van der Waals surface area contributed by atoms with Crippen molar-refractivity contribution in [3.63, 3.8) is 0 Å². The highest BCUT2D eigenvalue weighted by atomic mass is 15.1. The maximum absolute atomic E-state index is 2.36. The lowest BCUT2D eigenvalue weighted by atomic mass is 9.95. The van der Waals surface area contributed by atoms with Crippen molar-refractivity contribution in [1.82, 2.24) is 0 Å². The van der Waals surface area contributed by atoms with Crippen molar-refractivity contribution in [2.24, 2.45) is 0 Å². The maximum Gasteiger partial charge on any atom is 0.0540 e. The van der Waals surface area contributed by atoms with Gasteiger partial charge in [0.05, 0.1) is 5.69 Å². The SMILES string of the molecule is c1ccc(N(c2ccc(-c3cccc4c3Cc3ccccc3-4)cc2)c2cccc3ccccc23)cc1. The quantitative estimate of drug-likeness (QED) is 0.253. The molecule has 1 heteroatoms. The Morgan fingerprint density at radius 3 is 1.97 bits per heavy atom. The van der Waals surface area contributed by atoms with Crippen LogP contribution in [0.1, 0.15) is 11.1 Å². The van der Waals surface area contributed by atoms with E-state index < -0.39 is 0 Å². The van der Waals surface area contributed by atoms with E-state index in [4.69, 9.17) is 0 Å². The van der Waals surface area contributed by atoms with Gasteiger partial charge in [0.15, 0.2) is 0 Å². The van der Waals surface area contributed by atoms with Gasteiger partial charge in [-0.25, -0.2) is 0 Å². The lowest BCUT2D eigenvalue weighted by molar-refractivity contribution is 1.26. The van der Waals surface area contributed by atoms with Crippen LogP contribution in [0.4, 0.5) is 17.1 Å². The highest BCUT2D eigenvalue weighted by Gasteiger charge is 2.21. The van der Waals surface area contributed by atoms with Crippen LogP contribution in [0, 0.1) is 0 Å². The Kier molecular flexibility index (Phi) is 4.92. The van der Waals surface area contributed by atoms with Crippen LogP contribution in [0.5, 0.6) is 0 Å². The molecule has 0 aliphatic heterocycles. The number of para-hydroxylation sites is 1. The normalized spacial score (nSPS) is 11.8. The molecule has 0 aromatic heterocycles. The Hall–Kier alpha value is -4.62. The summed E-state index contributed by atoms with van der Waals surface area (Å²) in [5.41, 5.74) is 11.7. The van der Waals surface area contributed by atoms with E-state index in [-0.39, 0.29) is 0 Å². The van der Waals surface area contributed by atoms with Crippen LogP contribution in [-0.4, -0.2) is 0 Å². The van der Waals surface area contributed by atoms with Crippen molar-refractivity contribution in [2.45, 2.75) is 6.42 Å². The topological polar surface area (TPSA) is 3.24 Å². The summed E-state index contributed by atoms with van der Waals surface area (Å²) in [5, 5.41) is 2.48. The van der Waals surface area contributed by atoms with Crippen LogP contribution in [0.2, 0.25) is 0 Å². The molecule has 7 rings (SSSR count). The van der Waals surface area contributed by atoms with Gasteiger partial charge in [-0.15, -0.1) is 0 Å². The smallest absolute Gasteiger partial charge is 0.0540 e. The second kappa shape index (κ2) is 8.55. The van der Waals surface area contributed by atoms with Gasteiger partial charge in [0, 0.05) is 16.8 Å². The summed E-state index contributed by atoms with van der Waals surface area (Å²) in [6.07, 6.45) is 0.996. The average Bonchev–Trinajstić information content (AvgIpc) is 3.33. The van der Waals surface area contributed by atoms with Crippen LogP contribution in [0.3, 0.4) is 0 Å². The lowest BCUT2D eigenvalue weighted by Gasteiger charge is -2.27. The van der Waals surface area contributed by atoms with Gasteiger partial charge in [0.1, 0.15) is 0 Å². The third-order valence-electron chi connectivity index (χ3n) is 7.31. The summed E-state index contributed by atoms with van der Waals surface area (Å²) >= 11 is 0. The minimum Gasteiger partial charge on any atom is -0.310 e. The van der Waals surface area contributed by atoms with E-state index in [1.54, 1.807) is 0 Å². The van der Waals surface area contributed by atoms with Gasteiger partial charge in [-0.1, -0.05) is 109 Å². The first-order valence-corrected chi connectivity index (χ1v) is 12.5. The minimum absolute atomic E-state index is 0.996. The molecule has 0 heterocycles. The molecule has 1 nitrogen and oxygen atoms in total. The number of nitrogens with zero attached hydrogens (tertiary/aromatic N) is 1. The predicted molar refractivity (Wildman–Crippen MR) is 152 cm³/mol. The summed E-state index contributed by atoms with van der Waals surface area (Å²) in [6, 6.07) is 50.3. The molecule has 0 N–H and O–H groups in total. The Labute approximate surface area is 211 Å². The van der Waals surface area contributed by atoms with Crippen molar-refractivity contribution in [2.75, 3.05) is 4.90 Å². The van der Waals surface area contributed by atoms with Gasteiger partial charge in [0.2, 0.25) is 0 Å². The zero-order valence-electron chi connectivity index (χ0n) is 19.9. The number of benzene rings is 6. The summed E-state index contributed by atoms with van der Waals surface area (Å²) in [5.74, 6) is 0. The van der Waals surface area contributed by atoms with Crippen LogP contribution >= 0.6 is 0 Å². The van der Waals surface area contributed by atoms with Gasteiger partial charge >= 0.3 is 0 Å². The first-order chi connectivity index (χ1) is 17.9. The Balaban J connectivity index is 1.34. The Bertz CT molecular complexity index is 1690. The number of anilines is 3. The molecule has 0 unspecified atom stereocenters. The first-order valence-electron chi connectivity index (χ1n) is 12.5. The van der Waals surface area contributed by atoms with E-state index >= 15 is 0 Å². The molecule has 0 bridgehead atoms. The molecule has 0 radical (unpaired) electrons. The predicted octanol–water partition coefficient (Wildman–Crippen LogP) is 9.55. The average molecular weight is 460 g/mol. The Morgan fingerprint density at radius 1 is 0.444 bits per heavy atom. The van der Waals surface area contributed by atoms with Crippen molar-refractivity contribution in [3.8, 4) is 22.3 Å². The van der Waals surface area contributed by atoms with Gasteiger partial charge in [-0.2, -0.15) is 0 Å². The summed E-state index contributed by atoms with van der Waals surface area (Å²) in [7, 11) is 0. The molecule has 6 aromatic carbocycles. The molecule has 1 aliphatic carbocycles. The van der Waals surface area contributed by atoms with Gasteiger partial charge in [-0.05, 0) is 75.5 Å². The van der Waals surface area contributed by atoms with Crippen LogP contribution in [-0.2, 0) is 6.42 Å². The molecule has 0 amide bonds. The van der Waals surface area contributed by atoms with E-state index in [0.29, 0.717) is 0 Å². The van der Waals surface area contributed by atoms with Gasteiger partial charge in [0.25, 0.3) is 0 Å². The highest BCUT2D eigenvalue weighted by Crippen LogP contribution is 2.43. The van der Waals surface area contributed by atoms with E-state index in [1.807, 2.05) is 0 Å². The zero-order valence-corrected chi connectivity index (χ0v) is 19.9. The molecule has 0 saturated carbocycles. The fourth-order valence-electron chi connectivity index (χ4n) is 5.63. The van der Waals surface area contributed by atoms with Gasteiger partial charge in [-0.3, -0.25) is 0 Å². The van der Waals surface area contributed by atoms with Crippen LogP contribution in [0.25, 0.3) is 33.0 Å². The minimum atomic E-state index is 0.996. The molecule has 1 aliphatic rings. The van der Waals surface area contributed by atoms with E-state index in [2.05, 4.69) is 144 Å².